The molecule has 0 N–H and O–H groups in total. The first-order valence-corrected chi connectivity index (χ1v) is 6.38. The van der Waals surface area contributed by atoms with Gasteiger partial charge in [-0.1, -0.05) is 15.9 Å². The minimum atomic E-state index is -0.226. The number of hydrogen-bond donors (Lipinski definition) is 0. The van der Waals surface area contributed by atoms with Gasteiger partial charge < -0.3 is 9.30 Å². The van der Waals surface area contributed by atoms with Crippen molar-refractivity contribution in [2.45, 2.75) is 19.9 Å². The standard InChI is InChI=1S/C13H13BrN2O2/c1-9(2)16-8-7-15-12(13(16)17)18-11-5-3-10(14)4-6-11/h3-9H,1-2H3. The van der Waals surface area contributed by atoms with Crippen LogP contribution >= 0.6 is 15.9 Å². The number of rotatable bonds is 3. The van der Waals surface area contributed by atoms with Crippen molar-refractivity contribution in [3.8, 4) is 11.6 Å². The van der Waals surface area contributed by atoms with Gasteiger partial charge in [0.2, 0.25) is 0 Å². The van der Waals surface area contributed by atoms with Gasteiger partial charge in [0.25, 0.3) is 5.88 Å². The van der Waals surface area contributed by atoms with Crippen molar-refractivity contribution in [2.24, 2.45) is 0 Å². The monoisotopic (exact) mass is 308 g/mol. The molecule has 0 unspecified atom stereocenters. The second kappa shape index (κ2) is 5.35. The molecule has 0 aliphatic rings. The maximum absolute atomic E-state index is 12.0. The summed E-state index contributed by atoms with van der Waals surface area (Å²) in [6.45, 7) is 3.87. The van der Waals surface area contributed by atoms with Crippen LogP contribution in [-0.4, -0.2) is 9.55 Å². The predicted molar refractivity (Wildman–Crippen MR) is 73.1 cm³/mol. The van der Waals surface area contributed by atoms with Crippen LogP contribution in [0.5, 0.6) is 11.6 Å². The molecule has 0 bridgehead atoms. The van der Waals surface area contributed by atoms with Crippen molar-refractivity contribution >= 4 is 15.9 Å². The highest BCUT2D eigenvalue weighted by Gasteiger charge is 2.09. The van der Waals surface area contributed by atoms with Gasteiger partial charge in [0.05, 0.1) is 0 Å². The molecule has 4 nitrogen and oxygen atoms in total. The normalized spacial score (nSPS) is 10.7. The van der Waals surface area contributed by atoms with Gasteiger partial charge in [-0.3, -0.25) is 4.79 Å². The summed E-state index contributed by atoms with van der Waals surface area (Å²) in [6, 6.07) is 7.32. The second-order valence-corrected chi connectivity index (χ2v) is 5.01. The van der Waals surface area contributed by atoms with E-state index in [-0.39, 0.29) is 17.5 Å². The molecule has 0 fully saturated rings. The van der Waals surface area contributed by atoms with Crippen LogP contribution in [0, 0.1) is 0 Å². The molecule has 0 radical (unpaired) electrons. The Bertz CT molecular complexity index is 591. The third-order valence-corrected chi connectivity index (χ3v) is 2.95. The van der Waals surface area contributed by atoms with Crippen molar-refractivity contribution in [1.29, 1.82) is 0 Å². The number of aromatic nitrogens is 2. The van der Waals surface area contributed by atoms with Crippen LogP contribution < -0.4 is 10.3 Å². The van der Waals surface area contributed by atoms with Gasteiger partial charge in [-0.15, -0.1) is 0 Å². The number of halogens is 1. The molecule has 0 spiro atoms. The van der Waals surface area contributed by atoms with E-state index in [0.29, 0.717) is 5.75 Å². The Morgan fingerprint density at radius 3 is 2.56 bits per heavy atom. The van der Waals surface area contributed by atoms with Crippen LogP contribution in [0.1, 0.15) is 19.9 Å². The second-order valence-electron chi connectivity index (χ2n) is 4.09. The molecule has 18 heavy (non-hydrogen) atoms. The van der Waals surface area contributed by atoms with Crippen LogP contribution in [0.2, 0.25) is 0 Å². The molecule has 0 saturated carbocycles. The maximum atomic E-state index is 12.0. The van der Waals surface area contributed by atoms with Crippen molar-refractivity contribution in [1.82, 2.24) is 9.55 Å². The topological polar surface area (TPSA) is 44.1 Å². The number of hydrogen-bond acceptors (Lipinski definition) is 3. The Morgan fingerprint density at radius 1 is 1.28 bits per heavy atom. The highest BCUT2D eigenvalue weighted by molar-refractivity contribution is 9.10. The first-order chi connectivity index (χ1) is 8.58. The van der Waals surface area contributed by atoms with Crippen molar-refractivity contribution in [3.63, 3.8) is 0 Å². The zero-order valence-electron chi connectivity index (χ0n) is 10.1. The van der Waals surface area contributed by atoms with Gasteiger partial charge >= 0.3 is 5.56 Å². The molecule has 1 aromatic carbocycles. The molecule has 2 rings (SSSR count). The molecule has 2 aromatic rings. The number of benzene rings is 1. The highest BCUT2D eigenvalue weighted by Crippen LogP contribution is 2.19. The molecule has 94 valence electrons. The lowest BCUT2D eigenvalue weighted by Crippen LogP contribution is -2.23. The molecule has 1 aromatic heterocycles. The molecule has 0 saturated heterocycles. The Morgan fingerprint density at radius 2 is 1.94 bits per heavy atom. The quantitative estimate of drug-likeness (QED) is 0.873. The highest BCUT2D eigenvalue weighted by atomic mass is 79.9. The van der Waals surface area contributed by atoms with Gasteiger partial charge in [0, 0.05) is 22.9 Å². The van der Waals surface area contributed by atoms with E-state index >= 15 is 0 Å². The third kappa shape index (κ3) is 2.79. The number of ether oxygens (including phenoxy) is 1. The Labute approximate surface area is 113 Å². The third-order valence-electron chi connectivity index (χ3n) is 2.42. The van der Waals surface area contributed by atoms with E-state index in [2.05, 4.69) is 20.9 Å². The van der Waals surface area contributed by atoms with E-state index in [1.54, 1.807) is 29.1 Å². The molecule has 0 amide bonds. The van der Waals surface area contributed by atoms with E-state index < -0.39 is 0 Å². The lowest BCUT2D eigenvalue weighted by molar-refractivity contribution is 0.437. The molecule has 1 heterocycles. The summed E-state index contributed by atoms with van der Waals surface area (Å²) in [5.41, 5.74) is -0.226. The summed E-state index contributed by atoms with van der Waals surface area (Å²) in [6.07, 6.45) is 3.22. The minimum absolute atomic E-state index is 0.0766. The van der Waals surface area contributed by atoms with Crippen molar-refractivity contribution in [2.75, 3.05) is 0 Å². The summed E-state index contributed by atoms with van der Waals surface area (Å²) >= 11 is 3.34. The van der Waals surface area contributed by atoms with E-state index in [1.807, 2.05) is 26.0 Å². The van der Waals surface area contributed by atoms with E-state index in [9.17, 15) is 4.79 Å². The lowest BCUT2D eigenvalue weighted by atomic mass is 10.3. The average molecular weight is 309 g/mol. The minimum Gasteiger partial charge on any atom is -0.435 e. The largest absolute Gasteiger partial charge is 0.435 e. The van der Waals surface area contributed by atoms with Crippen LogP contribution in [0.3, 0.4) is 0 Å². The predicted octanol–water partition coefficient (Wildman–Crippen LogP) is 3.38. The fourth-order valence-electron chi connectivity index (χ4n) is 1.50. The van der Waals surface area contributed by atoms with E-state index in [0.717, 1.165) is 4.47 Å². The molecular weight excluding hydrogens is 296 g/mol. The SMILES string of the molecule is CC(C)n1ccnc(Oc2ccc(Br)cc2)c1=O. The van der Waals surface area contributed by atoms with Crippen molar-refractivity contribution < 1.29 is 4.74 Å². The average Bonchev–Trinajstić information content (AvgIpc) is 2.34. The summed E-state index contributed by atoms with van der Waals surface area (Å²) in [7, 11) is 0. The van der Waals surface area contributed by atoms with E-state index in [4.69, 9.17) is 4.74 Å². The van der Waals surface area contributed by atoms with Gasteiger partial charge in [0.1, 0.15) is 5.75 Å². The Balaban J connectivity index is 2.32. The summed E-state index contributed by atoms with van der Waals surface area (Å²) < 4.78 is 8.03. The smallest absolute Gasteiger partial charge is 0.313 e. The molecular formula is C13H13BrN2O2. The summed E-state index contributed by atoms with van der Waals surface area (Å²) in [5, 5.41) is 0. The Hall–Kier alpha value is -1.62. The lowest BCUT2D eigenvalue weighted by Gasteiger charge is -2.10. The molecule has 0 aliphatic heterocycles. The summed E-state index contributed by atoms with van der Waals surface area (Å²) in [5.74, 6) is 0.679. The van der Waals surface area contributed by atoms with Gasteiger partial charge in [0.15, 0.2) is 0 Å². The van der Waals surface area contributed by atoms with Gasteiger partial charge in [-0.2, -0.15) is 0 Å². The van der Waals surface area contributed by atoms with Crippen LogP contribution in [0.25, 0.3) is 0 Å². The van der Waals surface area contributed by atoms with E-state index in [1.165, 1.54) is 0 Å². The molecule has 0 atom stereocenters. The fraction of sp³-hybridized carbons (Fsp3) is 0.231. The van der Waals surface area contributed by atoms with Crippen LogP contribution in [0.15, 0.2) is 45.9 Å². The van der Waals surface area contributed by atoms with Gasteiger partial charge in [-0.25, -0.2) is 4.98 Å². The molecule has 5 heteroatoms. The first kappa shape index (κ1) is 12.8. The summed E-state index contributed by atoms with van der Waals surface area (Å²) in [4.78, 5) is 16.0. The van der Waals surface area contributed by atoms with Crippen LogP contribution in [0.4, 0.5) is 0 Å². The van der Waals surface area contributed by atoms with Gasteiger partial charge in [-0.05, 0) is 38.1 Å². The molecule has 0 aliphatic carbocycles. The van der Waals surface area contributed by atoms with Crippen molar-refractivity contribution in [3.05, 3.63) is 51.5 Å². The van der Waals surface area contributed by atoms with Crippen LogP contribution in [-0.2, 0) is 0 Å². The number of nitrogens with zero attached hydrogens (tertiary/aromatic N) is 2. The zero-order valence-corrected chi connectivity index (χ0v) is 11.7. The Kier molecular flexibility index (Phi) is 3.81. The zero-order chi connectivity index (χ0) is 13.1. The first-order valence-electron chi connectivity index (χ1n) is 5.58. The maximum Gasteiger partial charge on any atom is 0.313 e. The fourth-order valence-corrected chi connectivity index (χ4v) is 1.76.